The molecule has 2 rings (SSSR count). The van der Waals surface area contributed by atoms with Gasteiger partial charge in [-0.3, -0.25) is 0 Å². The number of aromatic nitrogens is 2. The largest absolute Gasteiger partial charge is 0.508 e. The van der Waals surface area contributed by atoms with Crippen LogP contribution in [0.15, 0.2) is 28.7 Å². The van der Waals surface area contributed by atoms with Crippen LogP contribution in [0.25, 0.3) is 0 Å². The highest BCUT2D eigenvalue weighted by Crippen LogP contribution is 2.12. The molecule has 5 heteroatoms. The van der Waals surface area contributed by atoms with Gasteiger partial charge in [0.2, 0.25) is 11.8 Å². The number of benzene rings is 1. The van der Waals surface area contributed by atoms with Crippen molar-refractivity contribution in [1.29, 1.82) is 0 Å². The lowest BCUT2D eigenvalue weighted by atomic mass is 10.1. The Morgan fingerprint density at radius 1 is 0.941 bits per heavy atom. The average Bonchev–Trinajstić information content (AvgIpc) is 2.77. The first-order valence-corrected chi connectivity index (χ1v) is 5.48. The van der Waals surface area contributed by atoms with Gasteiger partial charge < -0.3 is 14.6 Å². The van der Waals surface area contributed by atoms with Gasteiger partial charge in [0, 0.05) is 12.8 Å². The van der Waals surface area contributed by atoms with Crippen LogP contribution in [0.2, 0.25) is 0 Å². The van der Waals surface area contributed by atoms with E-state index in [2.05, 4.69) is 10.2 Å². The summed E-state index contributed by atoms with van der Waals surface area (Å²) in [4.78, 5) is 0. The summed E-state index contributed by atoms with van der Waals surface area (Å²) in [6, 6.07) is 7.03. The van der Waals surface area contributed by atoms with Crippen molar-refractivity contribution in [1.82, 2.24) is 10.2 Å². The molecule has 1 heterocycles. The number of phenolic OH excluding ortho intramolecular Hbond substituents is 1. The highest BCUT2D eigenvalue weighted by molar-refractivity contribution is 5.26. The number of phenols is 1. The van der Waals surface area contributed by atoms with Gasteiger partial charge in [0.25, 0.3) is 0 Å². The second-order valence-electron chi connectivity index (χ2n) is 3.73. The van der Waals surface area contributed by atoms with E-state index in [-0.39, 0.29) is 12.4 Å². The smallest absolute Gasteiger partial charge is 0.218 e. The molecule has 0 aliphatic rings. The standard InChI is InChI=1S/C12H14N2O3/c15-8-7-12-14-13-11(17-12)6-3-9-1-4-10(16)5-2-9/h1-2,4-5,15-16H,3,6-8H2. The molecule has 0 aliphatic carbocycles. The third-order valence-electron chi connectivity index (χ3n) is 2.40. The fourth-order valence-corrected chi connectivity index (χ4v) is 1.50. The van der Waals surface area contributed by atoms with Gasteiger partial charge >= 0.3 is 0 Å². The molecule has 0 saturated heterocycles. The zero-order valence-electron chi connectivity index (χ0n) is 9.33. The predicted molar refractivity (Wildman–Crippen MR) is 60.6 cm³/mol. The maximum atomic E-state index is 9.14. The Hall–Kier alpha value is -1.88. The predicted octanol–water partition coefficient (Wildman–Crippen LogP) is 1.10. The third kappa shape index (κ3) is 3.29. The van der Waals surface area contributed by atoms with Crippen molar-refractivity contribution in [3.05, 3.63) is 41.6 Å². The van der Waals surface area contributed by atoms with E-state index in [0.717, 1.165) is 12.0 Å². The highest BCUT2D eigenvalue weighted by atomic mass is 16.4. The van der Waals surface area contributed by atoms with Crippen LogP contribution in [0.5, 0.6) is 5.75 Å². The van der Waals surface area contributed by atoms with Crippen LogP contribution in [-0.4, -0.2) is 27.0 Å². The lowest BCUT2D eigenvalue weighted by molar-refractivity contribution is 0.283. The maximum Gasteiger partial charge on any atom is 0.218 e. The number of nitrogens with zero attached hydrogens (tertiary/aromatic N) is 2. The number of hydrogen-bond donors (Lipinski definition) is 2. The van der Waals surface area contributed by atoms with Gasteiger partial charge in [0.15, 0.2) is 0 Å². The van der Waals surface area contributed by atoms with Crippen LogP contribution >= 0.6 is 0 Å². The topological polar surface area (TPSA) is 79.4 Å². The number of aliphatic hydroxyl groups excluding tert-OH is 1. The zero-order chi connectivity index (χ0) is 12.1. The Labute approximate surface area is 98.7 Å². The molecule has 0 aliphatic heterocycles. The van der Waals surface area contributed by atoms with Crippen molar-refractivity contribution in [2.45, 2.75) is 19.3 Å². The third-order valence-corrected chi connectivity index (χ3v) is 2.40. The molecule has 90 valence electrons. The number of aromatic hydroxyl groups is 1. The molecule has 2 N–H and O–H groups in total. The highest BCUT2D eigenvalue weighted by Gasteiger charge is 2.05. The molecular formula is C12H14N2O3. The molecule has 2 aromatic rings. The molecule has 0 saturated carbocycles. The van der Waals surface area contributed by atoms with Crippen LogP contribution in [0.3, 0.4) is 0 Å². The Morgan fingerprint density at radius 3 is 2.24 bits per heavy atom. The van der Waals surface area contributed by atoms with E-state index in [0.29, 0.717) is 24.6 Å². The second kappa shape index (κ2) is 5.45. The van der Waals surface area contributed by atoms with Gasteiger partial charge in [-0.25, -0.2) is 0 Å². The van der Waals surface area contributed by atoms with Gasteiger partial charge in [-0.2, -0.15) is 0 Å². The lowest BCUT2D eigenvalue weighted by Crippen LogP contribution is -1.91. The first kappa shape index (κ1) is 11.6. The van der Waals surface area contributed by atoms with E-state index in [9.17, 15) is 0 Å². The minimum absolute atomic E-state index is 0.0135. The molecular weight excluding hydrogens is 220 g/mol. The summed E-state index contributed by atoms with van der Waals surface area (Å²) in [5.74, 6) is 1.30. The summed E-state index contributed by atoms with van der Waals surface area (Å²) >= 11 is 0. The number of hydrogen-bond acceptors (Lipinski definition) is 5. The summed E-state index contributed by atoms with van der Waals surface area (Å²) in [6.45, 7) is 0.0135. The van der Waals surface area contributed by atoms with Crippen LogP contribution < -0.4 is 0 Å². The van der Waals surface area contributed by atoms with E-state index in [1.165, 1.54) is 0 Å². The lowest BCUT2D eigenvalue weighted by Gasteiger charge is -1.98. The summed E-state index contributed by atoms with van der Waals surface area (Å²) in [6.07, 6.45) is 1.83. The van der Waals surface area contributed by atoms with Crippen molar-refractivity contribution in [3.8, 4) is 5.75 Å². The first-order valence-electron chi connectivity index (χ1n) is 5.48. The number of aliphatic hydroxyl groups is 1. The molecule has 1 aromatic heterocycles. The molecule has 0 radical (unpaired) electrons. The van der Waals surface area contributed by atoms with Gasteiger partial charge in [-0.05, 0) is 24.1 Å². The van der Waals surface area contributed by atoms with E-state index in [1.807, 2.05) is 12.1 Å². The van der Waals surface area contributed by atoms with Gasteiger partial charge in [-0.1, -0.05) is 12.1 Å². The van der Waals surface area contributed by atoms with E-state index < -0.39 is 0 Å². The minimum atomic E-state index is 0.0135. The summed E-state index contributed by atoms with van der Waals surface area (Å²) < 4.78 is 5.34. The van der Waals surface area contributed by atoms with Crippen molar-refractivity contribution in [2.75, 3.05) is 6.61 Å². The molecule has 17 heavy (non-hydrogen) atoms. The van der Waals surface area contributed by atoms with Crippen LogP contribution in [0, 0.1) is 0 Å². The second-order valence-corrected chi connectivity index (χ2v) is 3.73. The monoisotopic (exact) mass is 234 g/mol. The summed E-state index contributed by atoms with van der Waals surface area (Å²) in [5.41, 5.74) is 1.10. The number of aryl methyl sites for hydroxylation is 2. The normalized spacial score (nSPS) is 10.6. The summed E-state index contributed by atoms with van der Waals surface area (Å²) in [5, 5.41) is 25.6. The molecule has 0 fully saturated rings. The summed E-state index contributed by atoms with van der Waals surface area (Å²) in [7, 11) is 0. The van der Waals surface area contributed by atoms with Crippen LogP contribution in [0.1, 0.15) is 17.3 Å². The van der Waals surface area contributed by atoms with Crippen molar-refractivity contribution in [2.24, 2.45) is 0 Å². The van der Waals surface area contributed by atoms with Crippen molar-refractivity contribution in [3.63, 3.8) is 0 Å². The Kier molecular flexibility index (Phi) is 3.72. The Balaban J connectivity index is 1.90. The van der Waals surface area contributed by atoms with Gasteiger partial charge in [0.05, 0.1) is 6.61 Å². The first-order chi connectivity index (χ1) is 8.28. The van der Waals surface area contributed by atoms with Gasteiger partial charge in [-0.15, -0.1) is 10.2 Å². The maximum absolute atomic E-state index is 9.14. The quantitative estimate of drug-likeness (QED) is 0.809. The van der Waals surface area contributed by atoms with Gasteiger partial charge in [0.1, 0.15) is 5.75 Å². The fraction of sp³-hybridized carbons (Fsp3) is 0.333. The zero-order valence-corrected chi connectivity index (χ0v) is 9.33. The minimum Gasteiger partial charge on any atom is -0.508 e. The Bertz CT molecular complexity index is 465. The van der Waals surface area contributed by atoms with E-state index in [4.69, 9.17) is 14.6 Å². The molecule has 0 atom stereocenters. The molecule has 1 aromatic carbocycles. The van der Waals surface area contributed by atoms with Crippen LogP contribution in [0.4, 0.5) is 0 Å². The van der Waals surface area contributed by atoms with Crippen LogP contribution in [-0.2, 0) is 19.3 Å². The fourth-order valence-electron chi connectivity index (χ4n) is 1.50. The molecule has 5 nitrogen and oxygen atoms in total. The molecule has 0 spiro atoms. The molecule has 0 amide bonds. The SMILES string of the molecule is OCCc1nnc(CCc2ccc(O)cc2)o1. The molecule has 0 unspecified atom stereocenters. The van der Waals surface area contributed by atoms with E-state index >= 15 is 0 Å². The Morgan fingerprint density at radius 2 is 1.59 bits per heavy atom. The number of rotatable bonds is 5. The van der Waals surface area contributed by atoms with E-state index in [1.54, 1.807) is 12.1 Å². The average molecular weight is 234 g/mol. The van der Waals surface area contributed by atoms with Crippen molar-refractivity contribution < 1.29 is 14.6 Å². The van der Waals surface area contributed by atoms with Crippen molar-refractivity contribution >= 4 is 0 Å². The molecule has 0 bridgehead atoms.